The molecule has 0 spiro atoms. The van der Waals surface area contributed by atoms with Gasteiger partial charge in [0.05, 0.1) is 0 Å². The Balaban J connectivity index is 2.19. The van der Waals surface area contributed by atoms with Crippen molar-refractivity contribution in [1.29, 1.82) is 0 Å². The predicted molar refractivity (Wildman–Crippen MR) is 77.6 cm³/mol. The van der Waals surface area contributed by atoms with Crippen LogP contribution in [0, 0.1) is 0 Å². The van der Waals surface area contributed by atoms with Crippen LogP contribution in [-0.2, 0) is 6.42 Å². The molecule has 1 fully saturated rings. The molecule has 1 unspecified atom stereocenters. The van der Waals surface area contributed by atoms with Crippen molar-refractivity contribution >= 4 is 0 Å². The van der Waals surface area contributed by atoms with E-state index < -0.39 is 0 Å². The number of nitrogens with zero attached hydrogens (tertiary/aromatic N) is 1. The summed E-state index contributed by atoms with van der Waals surface area (Å²) in [5.41, 5.74) is 7.72. The number of hydrogen-bond donors (Lipinski definition) is 1. The molecular weight excluding hydrogens is 220 g/mol. The van der Waals surface area contributed by atoms with Crippen molar-refractivity contribution in [2.24, 2.45) is 5.73 Å². The smallest absolute Gasteiger partial charge is 0.0372 e. The fraction of sp³-hybridized carbons (Fsp3) is 0.625. The molecule has 0 aromatic heterocycles. The SMILES string of the molecule is CCN(C1CC1)C(CC)(CN)Cc1ccccc1. The molecule has 0 saturated heterocycles. The summed E-state index contributed by atoms with van der Waals surface area (Å²) >= 11 is 0. The van der Waals surface area contributed by atoms with Gasteiger partial charge in [0.15, 0.2) is 0 Å². The Bertz CT molecular complexity index is 353. The second-order valence-electron chi connectivity index (χ2n) is 5.46. The molecule has 2 heteroatoms. The summed E-state index contributed by atoms with van der Waals surface area (Å²) in [4.78, 5) is 2.65. The van der Waals surface area contributed by atoms with Gasteiger partial charge in [-0.25, -0.2) is 0 Å². The Morgan fingerprint density at radius 3 is 2.33 bits per heavy atom. The van der Waals surface area contributed by atoms with Gasteiger partial charge in [0.2, 0.25) is 0 Å². The van der Waals surface area contributed by atoms with Gasteiger partial charge in [-0.15, -0.1) is 0 Å². The standard InChI is InChI=1S/C16H26N2/c1-3-16(13-17,18(4-2)15-10-11-15)12-14-8-6-5-7-9-14/h5-9,15H,3-4,10-13,17H2,1-2H3. The first-order valence-corrected chi connectivity index (χ1v) is 7.26. The van der Waals surface area contributed by atoms with Crippen molar-refractivity contribution in [2.75, 3.05) is 13.1 Å². The van der Waals surface area contributed by atoms with Crippen LogP contribution in [-0.4, -0.2) is 29.6 Å². The van der Waals surface area contributed by atoms with Gasteiger partial charge in [0.25, 0.3) is 0 Å². The summed E-state index contributed by atoms with van der Waals surface area (Å²) < 4.78 is 0. The van der Waals surface area contributed by atoms with Gasteiger partial charge in [0.1, 0.15) is 0 Å². The largest absolute Gasteiger partial charge is 0.329 e. The van der Waals surface area contributed by atoms with E-state index in [1.165, 1.54) is 18.4 Å². The molecule has 0 bridgehead atoms. The van der Waals surface area contributed by atoms with Crippen LogP contribution in [0.25, 0.3) is 0 Å². The summed E-state index contributed by atoms with van der Waals surface area (Å²) in [6.07, 6.45) is 4.91. The lowest BCUT2D eigenvalue weighted by atomic mass is 9.86. The zero-order chi connectivity index (χ0) is 13.0. The normalized spacial score (nSPS) is 18.9. The van der Waals surface area contributed by atoms with Crippen molar-refractivity contribution in [2.45, 2.75) is 51.1 Å². The van der Waals surface area contributed by atoms with E-state index in [4.69, 9.17) is 5.73 Å². The van der Waals surface area contributed by atoms with Gasteiger partial charge in [-0.1, -0.05) is 44.2 Å². The van der Waals surface area contributed by atoms with Crippen LogP contribution in [0.4, 0.5) is 0 Å². The predicted octanol–water partition coefficient (Wildman–Crippen LogP) is 2.82. The zero-order valence-electron chi connectivity index (χ0n) is 11.7. The molecule has 1 aromatic carbocycles. The van der Waals surface area contributed by atoms with Crippen LogP contribution in [0.5, 0.6) is 0 Å². The van der Waals surface area contributed by atoms with Crippen molar-refractivity contribution in [3.8, 4) is 0 Å². The maximum Gasteiger partial charge on any atom is 0.0372 e. The van der Waals surface area contributed by atoms with Gasteiger partial charge in [-0.05, 0) is 37.8 Å². The Kier molecular flexibility index (Phi) is 4.41. The summed E-state index contributed by atoms with van der Waals surface area (Å²) in [5.74, 6) is 0. The molecule has 0 heterocycles. The van der Waals surface area contributed by atoms with Gasteiger partial charge >= 0.3 is 0 Å². The molecule has 1 aromatic rings. The topological polar surface area (TPSA) is 29.3 Å². The highest BCUT2D eigenvalue weighted by Crippen LogP contribution is 2.35. The van der Waals surface area contributed by atoms with Crippen LogP contribution < -0.4 is 5.73 Å². The molecule has 0 amide bonds. The van der Waals surface area contributed by atoms with E-state index in [1.54, 1.807) is 0 Å². The third-order valence-corrected chi connectivity index (χ3v) is 4.35. The van der Waals surface area contributed by atoms with Crippen LogP contribution in [0.3, 0.4) is 0 Å². The van der Waals surface area contributed by atoms with Crippen LogP contribution in [0.2, 0.25) is 0 Å². The van der Waals surface area contributed by atoms with E-state index in [0.717, 1.165) is 32.0 Å². The summed E-state index contributed by atoms with van der Waals surface area (Å²) in [7, 11) is 0. The number of likely N-dealkylation sites (N-methyl/N-ethyl adjacent to an activating group) is 1. The molecule has 1 atom stereocenters. The summed E-state index contributed by atoms with van der Waals surface area (Å²) in [6.45, 7) is 6.41. The minimum atomic E-state index is 0.150. The van der Waals surface area contributed by atoms with Crippen molar-refractivity contribution < 1.29 is 0 Å². The van der Waals surface area contributed by atoms with E-state index in [-0.39, 0.29) is 5.54 Å². The quantitative estimate of drug-likeness (QED) is 0.801. The zero-order valence-corrected chi connectivity index (χ0v) is 11.7. The minimum Gasteiger partial charge on any atom is -0.329 e. The van der Waals surface area contributed by atoms with Crippen molar-refractivity contribution in [3.05, 3.63) is 35.9 Å². The van der Waals surface area contributed by atoms with Crippen LogP contribution >= 0.6 is 0 Å². The van der Waals surface area contributed by atoms with Crippen LogP contribution in [0.15, 0.2) is 30.3 Å². The first kappa shape index (κ1) is 13.6. The highest BCUT2D eigenvalue weighted by molar-refractivity contribution is 5.19. The lowest BCUT2D eigenvalue weighted by Gasteiger charge is -2.43. The second kappa shape index (κ2) is 5.85. The maximum absolute atomic E-state index is 6.17. The first-order chi connectivity index (χ1) is 8.75. The van der Waals surface area contributed by atoms with Gasteiger partial charge in [-0.3, -0.25) is 4.90 Å². The lowest BCUT2D eigenvalue weighted by Crippen LogP contribution is -2.56. The van der Waals surface area contributed by atoms with Crippen molar-refractivity contribution in [1.82, 2.24) is 4.90 Å². The molecule has 100 valence electrons. The van der Waals surface area contributed by atoms with E-state index in [0.29, 0.717) is 0 Å². The molecule has 1 aliphatic carbocycles. The Hall–Kier alpha value is -0.860. The molecule has 2 N–H and O–H groups in total. The first-order valence-electron chi connectivity index (χ1n) is 7.26. The number of rotatable bonds is 7. The molecular formula is C16H26N2. The van der Waals surface area contributed by atoms with Gasteiger partial charge < -0.3 is 5.73 Å². The number of benzene rings is 1. The highest BCUT2D eigenvalue weighted by Gasteiger charge is 2.41. The molecule has 0 aliphatic heterocycles. The monoisotopic (exact) mass is 246 g/mol. The fourth-order valence-corrected chi connectivity index (χ4v) is 3.11. The Morgan fingerprint density at radius 2 is 1.89 bits per heavy atom. The number of hydrogen-bond acceptors (Lipinski definition) is 2. The minimum absolute atomic E-state index is 0.150. The van der Waals surface area contributed by atoms with E-state index >= 15 is 0 Å². The summed E-state index contributed by atoms with van der Waals surface area (Å²) in [6, 6.07) is 11.6. The average molecular weight is 246 g/mol. The molecule has 2 rings (SSSR count). The van der Waals surface area contributed by atoms with E-state index in [1.807, 2.05) is 0 Å². The van der Waals surface area contributed by atoms with Gasteiger partial charge in [-0.2, -0.15) is 0 Å². The molecule has 1 saturated carbocycles. The second-order valence-corrected chi connectivity index (χ2v) is 5.46. The molecule has 2 nitrogen and oxygen atoms in total. The molecule has 1 aliphatic rings. The summed E-state index contributed by atoms with van der Waals surface area (Å²) in [5, 5.41) is 0. The molecule has 18 heavy (non-hydrogen) atoms. The molecule has 0 radical (unpaired) electrons. The van der Waals surface area contributed by atoms with E-state index in [9.17, 15) is 0 Å². The van der Waals surface area contributed by atoms with E-state index in [2.05, 4.69) is 49.1 Å². The fourth-order valence-electron chi connectivity index (χ4n) is 3.11. The number of nitrogens with two attached hydrogens (primary N) is 1. The highest BCUT2D eigenvalue weighted by atomic mass is 15.2. The van der Waals surface area contributed by atoms with Crippen molar-refractivity contribution in [3.63, 3.8) is 0 Å². The third-order valence-electron chi connectivity index (χ3n) is 4.35. The maximum atomic E-state index is 6.17. The third kappa shape index (κ3) is 2.76. The average Bonchev–Trinajstić information content (AvgIpc) is 3.24. The lowest BCUT2D eigenvalue weighted by molar-refractivity contribution is 0.0861. The Morgan fingerprint density at radius 1 is 1.22 bits per heavy atom. The Labute approximate surface area is 111 Å². The van der Waals surface area contributed by atoms with Gasteiger partial charge in [0, 0.05) is 18.1 Å². The van der Waals surface area contributed by atoms with Crippen LogP contribution in [0.1, 0.15) is 38.7 Å².